The van der Waals surface area contributed by atoms with Crippen molar-refractivity contribution < 1.29 is 14.7 Å². The van der Waals surface area contributed by atoms with Crippen molar-refractivity contribution in [2.75, 3.05) is 26.7 Å². The Morgan fingerprint density at radius 2 is 1.64 bits per heavy atom. The summed E-state index contributed by atoms with van der Waals surface area (Å²) < 4.78 is 0. The number of hydrogen-bond acceptors (Lipinski definition) is 3. The number of carbonyl (C=O) groups excluding carboxylic acids is 1. The molecule has 0 spiro atoms. The molecular formula is C22H27ClN2O3. The Hall–Kier alpha value is -2.37. The van der Waals surface area contributed by atoms with Crippen molar-refractivity contribution >= 4 is 24.3 Å². The van der Waals surface area contributed by atoms with E-state index in [-0.39, 0.29) is 36.3 Å². The molecule has 1 fully saturated rings. The monoisotopic (exact) mass is 402 g/mol. The zero-order valence-corrected chi connectivity index (χ0v) is 16.9. The average Bonchev–Trinajstić information content (AvgIpc) is 3.20. The molecule has 0 unspecified atom stereocenters. The minimum atomic E-state index is -1.00. The van der Waals surface area contributed by atoms with Crippen molar-refractivity contribution in [1.82, 2.24) is 9.80 Å². The summed E-state index contributed by atoms with van der Waals surface area (Å²) in [7, 11) is 1.82. The molecule has 0 saturated carbocycles. The van der Waals surface area contributed by atoms with Gasteiger partial charge in [0.05, 0.1) is 18.0 Å². The highest BCUT2D eigenvalue weighted by atomic mass is 35.5. The third kappa shape index (κ3) is 5.33. The van der Waals surface area contributed by atoms with Gasteiger partial charge < -0.3 is 14.9 Å². The number of aromatic carboxylic acids is 1. The van der Waals surface area contributed by atoms with E-state index in [0.29, 0.717) is 5.56 Å². The highest BCUT2D eigenvalue weighted by Crippen LogP contribution is 2.24. The Kier molecular flexibility index (Phi) is 8.03. The van der Waals surface area contributed by atoms with Gasteiger partial charge in [0.2, 0.25) is 5.91 Å². The zero-order valence-electron chi connectivity index (χ0n) is 16.1. The number of amides is 1. The van der Waals surface area contributed by atoms with Crippen LogP contribution < -0.4 is 0 Å². The first-order valence-corrected chi connectivity index (χ1v) is 9.40. The predicted molar refractivity (Wildman–Crippen MR) is 112 cm³/mol. The van der Waals surface area contributed by atoms with Crippen LogP contribution in [-0.4, -0.2) is 53.5 Å². The van der Waals surface area contributed by atoms with Crippen molar-refractivity contribution in [3.63, 3.8) is 0 Å². The fraction of sp³-hybridized carbons (Fsp3) is 0.364. The Bertz CT molecular complexity index is 791. The number of rotatable bonds is 7. The number of likely N-dealkylation sites (tertiary alicyclic amines) is 1. The van der Waals surface area contributed by atoms with Gasteiger partial charge >= 0.3 is 5.97 Å². The van der Waals surface area contributed by atoms with Crippen LogP contribution in [0.1, 0.15) is 40.4 Å². The van der Waals surface area contributed by atoms with E-state index in [9.17, 15) is 14.7 Å². The minimum Gasteiger partial charge on any atom is -0.478 e. The van der Waals surface area contributed by atoms with Crippen LogP contribution >= 0.6 is 12.4 Å². The van der Waals surface area contributed by atoms with E-state index in [1.54, 1.807) is 29.2 Å². The number of likely N-dealkylation sites (N-methyl/N-ethyl adjacent to an activating group) is 1. The SMILES string of the molecule is CN(C(=O)Cc1ccccc1C(=O)O)[C@H](CN1CCCC1)c1ccccc1.Cl. The van der Waals surface area contributed by atoms with Crippen LogP contribution in [0.5, 0.6) is 0 Å². The molecular weight excluding hydrogens is 376 g/mol. The maximum Gasteiger partial charge on any atom is 0.335 e. The highest BCUT2D eigenvalue weighted by molar-refractivity contribution is 5.91. The van der Waals surface area contributed by atoms with Crippen LogP contribution in [0.3, 0.4) is 0 Å². The second kappa shape index (κ2) is 10.2. The van der Waals surface area contributed by atoms with Crippen LogP contribution in [0.4, 0.5) is 0 Å². The summed E-state index contributed by atoms with van der Waals surface area (Å²) in [4.78, 5) is 28.6. The number of benzene rings is 2. The Morgan fingerprint density at radius 3 is 2.29 bits per heavy atom. The van der Waals surface area contributed by atoms with E-state index < -0.39 is 5.97 Å². The quantitative estimate of drug-likeness (QED) is 0.768. The molecule has 28 heavy (non-hydrogen) atoms. The molecule has 1 atom stereocenters. The van der Waals surface area contributed by atoms with Crippen LogP contribution in [-0.2, 0) is 11.2 Å². The van der Waals surface area contributed by atoms with E-state index in [4.69, 9.17) is 0 Å². The minimum absolute atomic E-state index is 0. The lowest BCUT2D eigenvalue weighted by atomic mass is 10.0. The zero-order chi connectivity index (χ0) is 19.2. The van der Waals surface area contributed by atoms with E-state index >= 15 is 0 Å². The molecule has 1 N–H and O–H groups in total. The molecule has 1 heterocycles. The standard InChI is InChI=1S/C22H26N2O3.ClH/c1-23(21(25)15-18-11-5-6-12-19(18)22(26)27)20(16-24-13-7-8-14-24)17-9-3-2-4-10-17;/h2-6,9-12,20H,7-8,13-16H2,1H3,(H,26,27);1H/t20-;/m1./s1. The maximum atomic E-state index is 13.0. The molecule has 2 aromatic carbocycles. The molecule has 5 nitrogen and oxygen atoms in total. The van der Waals surface area contributed by atoms with Gasteiger partial charge in [0.15, 0.2) is 0 Å². The lowest BCUT2D eigenvalue weighted by molar-refractivity contribution is -0.131. The lowest BCUT2D eigenvalue weighted by Crippen LogP contribution is -2.39. The summed E-state index contributed by atoms with van der Waals surface area (Å²) in [5, 5.41) is 9.36. The Labute approximate surface area is 172 Å². The van der Waals surface area contributed by atoms with Crippen molar-refractivity contribution in [1.29, 1.82) is 0 Å². The van der Waals surface area contributed by atoms with Crippen LogP contribution in [0.25, 0.3) is 0 Å². The normalized spacial score (nSPS) is 14.9. The van der Waals surface area contributed by atoms with Gasteiger partial charge in [0, 0.05) is 13.6 Å². The van der Waals surface area contributed by atoms with Gasteiger partial charge in [-0.2, -0.15) is 0 Å². The van der Waals surface area contributed by atoms with E-state index in [2.05, 4.69) is 17.0 Å². The second-order valence-electron chi connectivity index (χ2n) is 7.08. The molecule has 1 aliphatic heterocycles. The molecule has 6 heteroatoms. The van der Waals surface area contributed by atoms with Crippen LogP contribution in [0.15, 0.2) is 54.6 Å². The van der Waals surface area contributed by atoms with Crippen molar-refractivity contribution in [3.8, 4) is 0 Å². The number of hydrogen-bond donors (Lipinski definition) is 1. The number of carbonyl (C=O) groups is 2. The molecule has 1 amide bonds. The third-order valence-electron chi connectivity index (χ3n) is 5.26. The van der Waals surface area contributed by atoms with E-state index in [0.717, 1.165) is 25.2 Å². The van der Waals surface area contributed by atoms with Gasteiger partial charge in [-0.3, -0.25) is 4.79 Å². The number of carboxylic acid groups (broad SMARTS) is 1. The molecule has 0 aliphatic carbocycles. The third-order valence-corrected chi connectivity index (χ3v) is 5.26. The van der Waals surface area contributed by atoms with E-state index in [1.807, 2.05) is 25.2 Å². The van der Waals surface area contributed by atoms with Gasteiger partial charge in [-0.15, -0.1) is 12.4 Å². The Balaban J connectivity index is 0.00000280. The molecule has 1 aliphatic rings. The van der Waals surface area contributed by atoms with E-state index in [1.165, 1.54) is 12.8 Å². The maximum absolute atomic E-state index is 13.0. The average molecular weight is 403 g/mol. The topological polar surface area (TPSA) is 60.9 Å². The first-order valence-electron chi connectivity index (χ1n) is 9.40. The fourth-order valence-electron chi connectivity index (χ4n) is 3.68. The summed E-state index contributed by atoms with van der Waals surface area (Å²) in [5.41, 5.74) is 1.84. The summed E-state index contributed by atoms with van der Waals surface area (Å²) in [6, 6.07) is 16.7. The molecule has 2 aromatic rings. The van der Waals surface area contributed by atoms with Crippen LogP contribution in [0, 0.1) is 0 Å². The molecule has 150 valence electrons. The van der Waals surface area contributed by atoms with Crippen molar-refractivity contribution in [2.45, 2.75) is 25.3 Å². The predicted octanol–water partition coefficient (Wildman–Crippen LogP) is 3.64. The lowest BCUT2D eigenvalue weighted by Gasteiger charge is -2.32. The second-order valence-corrected chi connectivity index (χ2v) is 7.08. The smallest absolute Gasteiger partial charge is 0.335 e. The van der Waals surface area contributed by atoms with Gasteiger partial charge in [-0.25, -0.2) is 4.79 Å². The first kappa shape index (κ1) is 21.9. The molecule has 0 radical (unpaired) electrons. The summed E-state index contributed by atoms with van der Waals surface area (Å²) in [6.45, 7) is 2.92. The summed E-state index contributed by atoms with van der Waals surface area (Å²) >= 11 is 0. The Morgan fingerprint density at radius 1 is 1.04 bits per heavy atom. The molecule has 0 aromatic heterocycles. The number of halogens is 1. The summed E-state index contributed by atoms with van der Waals surface area (Å²) in [6.07, 6.45) is 2.48. The van der Waals surface area contributed by atoms with Crippen molar-refractivity contribution in [2.24, 2.45) is 0 Å². The largest absolute Gasteiger partial charge is 0.478 e. The first-order chi connectivity index (χ1) is 13.1. The fourth-order valence-corrected chi connectivity index (χ4v) is 3.68. The highest BCUT2D eigenvalue weighted by Gasteiger charge is 2.26. The van der Waals surface area contributed by atoms with Gasteiger partial charge in [0.1, 0.15) is 0 Å². The van der Waals surface area contributed by atoms with Crippen LogP contribution in [0.2, 0.25) is 0 Å². The van der Waals surface area contributed by atoms with Gasteiger partial charge in [0.25, 0.3) is 0 Å². The summed E-state index contributed by atoms with van der Waals surface area (Å²) in [5.74, 6) is -1.07. The molecule has 3 rings (SSSR count). The van der Waals surface area contributed by atoms with Gasteiger partial charge in [-0.1, -0.05) is 48.5 Å². The number of carboxylic acids is 1. The number of nitrogens with zero attached hydrogens (tertiary/aromatic N) is 2. The molecule has 1 saturated heterocycles. The van der Waals surface area contributed by atoms with Crippen molar-refractivity contribution in [3.05, 3.63) is 71.3 Å². The molecule has 0 bridgehead atoms. The van der Waals surface area contributed by atoms with Gasteiger partial charge in [-0.05, 0) is 43.1 Å².